The standard InChI is InChI=1S/C19H20Cl2N2O3/c1-12(13-8-9-15(20)16(21)10-13)22-19(25)14-6-4-5-7-17(14)26-11-18(24)23(2)3/h4-10,12H,11H2,1-3H3,(H,22,25). The molecule has 0 radical (unpaired) electrons. The summed E-state index contributed by atoms with van der Waals surface area (Å²) in [5, 5.41) is 3.78. The number of benzene rings is 2. The number of carbonyl (C=O) groups excluding carboxylic acids is 2. The van der Waals surface area contributed by atoms with E-state index in [1.54, 1.807) is 56.6 Å². The largest absolute Gasteiger partial charge is 0.483 e. The quantitative estimate of drug-likeness (QED) is 0.806. The highest BCUT2D eigenvalue weighted by atomic mass is 35.5. The summed E-state index contributed by atoms with van der Waals surface area (Å²) in [6, 6.07) is 11.7. The number of likely N-dealkylation sites (N-methyl/N-ethyl adjacent to an activating group) is 1. The van der Waals surface area contributed by atoms with E-state index in [1.807, 2.05) is 6.92 Å². The summed E-state index contributed by atoms with van der Waals surface area (Å²) in [6.07, 6.45) is 0. The lowest BCUT2D eigenvalue weighted by atomic mass is 10.1. The van der Waals surface area contributed by atoms with Gasteiger partial charge in [-0.3, -0.25) is 9.59 Å². The van der Waals surface area contributed by atoms with Crippen molar-refractivity contribution in [3.8, 4) is 5.75 Å². The van der Waals surface area contributed by atoms with Crippen LogP contribution in [0.4, 0.5) is 0 Å². The third-order valence-corrected chi connectivity index (χ3v) is 4.51. The fourth-order valence-corrected chi connectivity index (χ4v) is 2.49. The van der Waals surface area contributed by atoms with Crippen LogP contribution in [0.1, 0.15) is 28.9 Å². The van der Waals surface area contributed by atoms with Gasteiger partial charge in [-0.25, -0.2) is 0 Å². The number of carbonyl (C=O) groups is 2. The topological polar surface area (TPSA) is 58.6 Å². The SMILES string of the molecule is CC(NC(=O)c1ccccc1OCC(=O)N(C)C)c1ccc(Cl)c(Cl)c1. The van der Waals surface area contributed by atoms with Gasteiger partial charge in [0.25, 0.3) is 11.8 Å². The molecule has 2 amide bonds. The fourth-order valence-electron chi connectivity index (χ4n) is 2.19. The van der Waals surface area contributed by atoms with Crippen LogP contribution in [0.15, 0.2) is 42.5 Å². The van der Waals surface area contributed by atoms with E-state index >= 15 is 0 Å². The van der Waals surface area contributed by atoms with Crippen LogP contribution in [-0.4, -0.2) is 37.4 Å². The lowest BCUT2D eigenvalue weighted by Crippen LogP contribution is -2.29. The summed E-state index contributed by atoms with van der Waals surface area (Å²) in [7, 11) is 3.28. The Morgan fingerprint density at radius 2 is 1.81 bits per heavy atom. The average Bonchev–Trinajstić information content (AvgIpc) is 2.61. The molecule has 7 heteroatoms. The van der Waals surface area contributed by atoms with Crippen LogP contribution in [0.3, 0.4) is 0 Å². The molecular weight excluding hydrogens is 375 g/mol. The highest BCUT2D eigenvalue weighted by molar-refractivity contribution is 6.42. The van der Waals surface area contributed by atoms with Gasteiger partial charge in [-0.15, -0.1) is 0 Å². The van der Waals surface area contributed by atoms with Gasteiger partial charge in [0.15, 0.2) is 6.61 Å². The summed E-state index contributed by atoms with van der Waals surface area (Å²) in [6.45, 7) is 1.70. The van der Waals surface area contributed by atoms with Crippen molar-refractivity contribution in [1.82, 2.24) is 10.2 Å². The molecule has 1 N–H and O–H groups in total. The smallest absolute Gasteiger partial charge is 0.259 e. The van der Waals surface area contributed by atoms with Crippen LogP contribution >= 0.6 is 23.2 Å². The Bertz CT molecular complexity index is 809. The molecule has 138 valence electrons. The number of nitrogens with one attached hydrogen (secondary N) is 1. The first-order valence-corrected chi connectivity index (χ1v) is 8.73. The Hall–Kier alpha value is -2.24. The molecule has 0 heterocycles. The average molecular weight is 395 g/mol. The van der Waals surface area contributed by atoms with Crippen LogP contribution in [0, 0.1) is 0 Å². The molecule has 0 aliphatic heterocycles. The van der Waals surface area contributed by atoms with Crippen LogP contribution in [0.2, 0.25) is 10.0 Å². The predicted octanol–water partition coefficient (Wildman–Crippen LogP) is 3.95. The summed E-state index contributed by atoms with van der Waals surface area (Å²) < 4.78 is 5.51. The molecule has 26 heavy (non-hydrogen) atoms. The molecule has 0 saturated carbocycles. The first-order valence-electron chi connectivity index (χ1n) is 7.97. The molecule has 0 aliphatic rings. The van der Waals surface area contributed by atoms with Gasteiger partial charge in [-0.05, 0) is 36.8 Å². The Kier molecular flexibility index (Phi) is 6.89. The Morgan fingerprint density at radius 1 is 1.12 bits per heavy atom. The second-order valence-electron chi connectivity index (χ2n) is 5.94. The van der Waals surface area contributed by atoms with Crippen molar-refractivity contribution in [1.29, 1.82) is 0 Å². The zero-order valence-electron chi connectivity index (χ0n) is 14.8. The van der Waals surface area contributed by atoms with E-state index in [0.29, 0.717) is 21.4 Å². The number of halogens is 2. The fraction of sp³-hybridized carbons (Fsp3) is 0.263. The minimum Gasteiger partial charge on any atom is -0.483 e. The number of hydrogen-bond acceptors (Lipinski definition) is 3. The van der Waals surface area contributed by atoms with Gasteiger partial charge in [0.05, 0.1) is 21.7 Å². The zero-order valence-corrected chi connectivity index (χ0v) is 16.3. The predicted molar refractivity (Wildman–Crippen MR) is 103 cm³/mol. The maximum absolute atomic E-state index is 12.6. The summed E-state index contributed by atoms with van der Waals surface area (Å²) in [4.78, 5) is 25.8. The number of ether oxygens (including phenoxy) is 1. The van der Waals surface area contributed by atoms with Crippen molar-refractivity contribution in [2.45, 2.75) is 13.0 Å². The number of rotatable bonds is 6. The third kappa shape index (κ3) is 5.13. The molecular formula is C19H20Cl2N2O3. The normalized spacial score (nSPS) is 11.6. The molecule has 1 atom stereocenters. The van der Waals surface area contributed by atoms with Crippen molar-refractivity contribution in [2.24, 2.45) is 0 Å². The highest BCUT2D eigenvalue weighted by Gasteiger charge is 2.17. The Balaban J connectivity index is 2.11. The molecule has 0 fully saturated rings. The van der Waals surface area contributed by atoms with Crippen molar-refractivity contribution < 1.29 is 14.3 Å². The molecule has 1 unspecified atom stereocenters. The van der Waals surface area contributed by atoms with E-state index in [1.165, 1.54) is 4.90 Å². The molecule has 2 aromatic carbocycles. The van der Waals surface area contributed by atoms with Crippen LogP contribution in [0.5, 0.6) is 5.75 Å². The van der Waals surface area contributed by atoms with Gasteiger partial charge in [0.2, 0.25) is 0 Å². The van der Waals surface area contributed by atoms with E-state index in [-0.39, 0.29) is 24.5 Å². The summed E-state index contributed by atoms with van der Waals surface area (Å²) >= 11 is 12.0. The minimum absolute atomic E-state index is 0.139. The van der Waals surface area contributed by atoms with E-state index in [4.69, 9.17) is 27.9 Å². The molecule has 0 aliphatic carbocycles. The molecule has 0 aromatic heterocycles. The number of para-hydroxylation sites is 1. The molecule has 2 aromatic rings. The van der Waals surface area contributed by atoms with E-state index in [0.717, 1.165) is 5.56 Å². The second kappa shape index (κ2) is 8.92. The van der Waals surface area contributed by atoms with E-state index < -0.39 is 0 Å². The van der Waals surface area contributed by atoms with Crippen molar-refractivity contribution >= 4 is 35.0 Å². The highest BCUT2D eigenvalue weighted by Crippen LogP contribution is 2.26. The molecule has 0 saturated heterocycles. The molecule has 5 nitrogen and oxygen atoms in total. The van der Waals surface area contributed by atoms with Crippen LogP contribution < -0.4 is 10.1 Å². The van der Waals surface area contributed by atoms with Gasteiger partial charge in [0.1, 0.15) is 5.75 Å². The van der Waals surface area contributed by atoms with Gasteiger partial charge >= 0.3 is 0 Å². The minimum atomic E-state index is -0.309. The zero-order chi connectivity index (χ0) is 19.3. The summed E-state index contributed by atoms with van der Waals surface area (Å²) in [5.74, 6) is -0.151. The Morgan fingerprint density at radius 3 is 2.46 bits per heavy atom. The second-order valence-corrected chi connectivity index (χ2v) is 6.76. The lowest BCUT2D eigenvalue weighted by Gasteiger charge is -2.17. The maximum Gasteiger partial charge on any atom is 0.259 e. The third-order valence-electron chi connectivity index (χ3n) is 3.77. The number of hydrogen-bond donors (Lipinski definition) is 1. The van der Waals surface area contributed by atoms with Gasteiger partial charge < -0.3 is 15.0 Å². The first-order chi connectivity index (χ1) is 12.3. The maximum atomic E-state index is 12.6. The first kappa shape index (κ1) is 20.1. The molecule has 0 bridgehead atoms. The van der Waals surface area contributed by atoms with Gasteiger partial charge in [0, 0.05) is 14.1 Å². The summed E-state index contributed by atoms with van der Waals surface area (Å²) in [5.41, 5.74) is 1.18. The Labute approximate surface area is 162 Å². The van der Waals surface area contributed by atoms with Crippen molar-refractivity contribution in [3.05, 3.63) is 63.6 Å². The number of amides is 2. The van der Waals surface area contributed by atoms with Crippen LogP contribution in [-0.2, 0) is 4.79 Å². The molecule has 0 spiro atoms. The van der Waals surface area contributed by atoms with Gasteiger partial charge in [-0.1, -0.05) is 41.4 Å². The van der Waals surface area contributed by atoms with Crippen LogP contribution in [0.25, 0.3) is 0 Å². The molecule has 2 rings (SSSR count). The number of nitrogens with zero attached hydrogens (tertiary/aromatic N) is 1. The van der Waals surface area contributed by atoms with Gasteiger partial charge in [-0.2, -0.15) is 0 Å². The lowest BCUT2D eigenvalue weighted by molar-refractivity contribution is -0.130. The van der Waals surface area contributed by atoms with Crippen molar-refractivity contribution in [2.75, 3.05) is 20.7 Å². The monoisotopic (exact) mass is 394 g/mol. The van der Waals surface area contributed by atoms with E-state index in [2.05, 4.69) is 5.32 Å². The van der Waals surface area contributed by atoms with Crippen molar-refractivity contribution in [3.63, 3.8) is 0 Å². The van der Waals surface area contributed by atoms with E-state index in [9.17, 15) is 9.59 Å².